The van der Waals surface area contributed by atoms with Gasteiger partial charge in [-0.2, -0.15) is 4.98 Å². The minimum atomic E-state index is -0.821. The molecule has 0 spiro atoms. The van der Waals surface area contributed by atoms with E-state index in [9.17, 15) is 19.2 Å². The number of esters is 2. The maximum atomic E-state index is 13.1. The molecule has 0 bridgehead atoms. The molecule has 1 aliphatic heterocycles. The molecule has 0 unspecified atom stereocenters. The number of rotatable bonds is 8. The van der Waals surface area contributed by atoms with E-state index < -0.39 is 41.8 Å². The Hall–Kier alpha value is -5.75. The first-order chi connectivity index (χ1) is 22.6. The van der Waals surface area contributed by atoms with Crippen LogP contribution in [-0.4, -0.2) is 56.6 Å². The van der Waals surface area contributed by atoms with E-state index >= 15 is 0 Å². The second-order valence-corrected chi connectivity index (χ2v) is 11.3. The number of nitrogens with one attached hydrogen (secondary N) is 2. The Balaban J connectivity index is 1.26. The smallest absolute Gasteiger partial charge is 0.348 e. The third-order valence-corrected chi connectivity index (χ3v) is 7.75. The highest BCUT2D eigenvalue weighted by Crippen LogP contribution is 2.36. The number of nitrogens with zero attached hydrogens (tertiary/aromatic N) is 3. The lowest BCUT2D eigenvalue weighted by atomic mass is 10.1. The van der Waals surface area contributed by atoms with Crippen LogP contribution in [0.3, 0.4) is 0 Å². The van der Waals surface area contributed by atoms with Crippen molar-refractivity contribution >= 4 is 34.8 Å². The quantitative estimate of drug-likeness (QED) is 0.227. The maximum absolute atomic E-state index is 13.1. The van der Waals surface area contributed by atoms with Crippen molar-refractivity contribution in [1.82, 2.24) is 19.9 Å². The zero-order valence-corrected chi connectivity index (χ0v) is 25.9. The van der Waals surface area contributed by atoms with Gasteiger partial charge in [0.25, 0.3) is 5.91 Å². The monoisotopic (exact) mass is 633 g/mol. The van der Waals surface area contributed by atoms with Gasteiger partial charge in [-0.05, 0) is 57.2 Å². The lowest BCUT2D eigenvalue weighted by Crippen LogP contribution is -2.32. The number of amides is 1. The Kier molecular flexibility index (Phi) is 8.85. The fourth-order valence-electron chi connectivity index (χ4n) is 5.22. The number of aromatic amines is 1. The number of H-pyrrole nitrogens is 1. The molecule has 1 saturated heterocycles. The summed E-state index contributed by atoms with van der Waals surface area (Å²) in [6.45, 7) is 5.35. The van der Waals surface area contributed by atoms with Crippen LogP contribution in [0.1, 0.15) is 66.1 Å². The summed E-state index contributed by atoms with van der Waals surface area (Å²) in [6.07, 6.45) is -2.17. The van der Waals surface area contributed by atoms with Crippen LogP contribution >= 0.6 is 0 Å². The van der Waals surface area contributed by atoms with E-state index in [1.165, 1.54) is 0 Å². The van der Waals surface area contributed by atoms with Gasteiger partial charge in [-0.25, -0.2) is 24.4 Å². The summed E-state index contributed by atoms with van der Waals surface area (Å²) >= 11 is 0. The fraction of sp³-hybridized carbons (Fsp3) is 0.229. The first kappa shape index (κ1) is 31.2. The number of benzene rings is 3. The summed E-state index contributed by atoms with van der Waals surface area (Å²) < 4.78 is 17.8. The molecule has 3 atom stereocenters. The normalized spacial score (nSPS) is 17.3. The summed E-state index contributed by atoms with van der Waals surface area (Å²) in [5.74, 6) is -1.60. The average molecular weight is 634 g/mol. The molecule has 2 aromatic heterocycles. The van der Waals surface area contributed by atoms with E-state index in [-0.39, 0.29) is 30.0 Å². The highest BCUT2D eigenvalue weighted by Gasteiger charge is 2.41. The van der Waals surface area contributed by atoms with Gasteiger partial charge in [0.2, 0.25) is 0 Å². The van der Waals surface area contributed by atoms with Crippen molar-refractivity contribution in [2.45, 2.75) is 45.5 Å². The molecule has 2 N–H and O–H groups in total. The number of ether oxygens (including phenoxy) is 3. The minimum Gasteiger partial charge on any atom is -0.459 e. The van der Waals surface area contributed by atoms with Crippen molar-refractivity contribution in [2.24, 2.45) is 0 Å². The number of aromatic nitrogens is 4. The van der Waals surface area contributed by atoms with Crippen molar-refractivity contribution in [1.29, 1.82) is 0 Å². The molecule has 3 heterocycles. The topological polar surface area (TPSA) is 162 Å². The molecule has 238 valence electrons. The van der Waals surface area contributed by atoms with Gasteiger partial charge in [-0.3, -0.25) is 9.78 Å². The van der Waals surface area contributed by atoms with E-state index in [2.05, 4.69) is 25.3 Å². The van der Waals surface area contributed by atoms with Gasteiger partial charge in [0, 0.05) is 12.0 Å². The van der Waals surface area contributed by atoms with E-state index in [1.807, 2.05) is 38.1 Å². The highest BCUT2D eigenvalue weighted by molar-refractivity contribution is 6.06. The maximum Gasteiger partial charge on any atom is 0.348 e. The predicted octanol–water partition coefficient (Wildman–Crippen LogP) is 4.80. The third kappa shape index (κ3) is 7.07. The van der Waals surface area contributed by atoms with E-state index in [4.69, 9.17) is 14.2 Å². The van der Waals surface area contributed by atoms with Crippen LogP contribution in [0.15, 0.2) is 83.7 Å². The standard InChI is InChI=1S/C35H31N5O7/c1-19-9-13-23(14-10-19)33(42)45-18-27-25(47-34(43)24-15-11-20(2)12-16-24)17-26(46-27)28-21(3)36-29-30(37-28)39-35(44)40-31(29)38-32(41)22-7-5-4-6-8-22/h4-16,25-27H,17-18H2,1-3H3,(H2,37,38,39,40,41,44)/t25-,26+,27+/m0/s1. The second kappa shape index (κ2) is 13.3. The Labute approximate surface area is 269 Å². The number of hydrogen-bond acceptors (Lipinski definition) is 10. The van der Waals surface area contributed by atoms with Crippen LogP contribution in [-0.2, 0) is 14.2 Å². The van der Waals surface area contributed by atoms with Crippen LogP contribution < -0.4 is 11.0 Å². The second-order valence-electron chi connectivity index (χ2n) is 11.3. The lowest BCUT2D eigenvalue weighted by Gasteiger charge is -2.19. The summed E-state index contributed by atoms with van der Waals surface area (Å²) in [5, 5.41) is 2.65. The molecular weight excluding hydrogens is 602 g/mol. The number of hydrogen-bond donors (Lipinski definition) is 2. The number of anilines is 1. The Morgan fingerprint density at radius 3 is 2.13 bits per heavy atom. The van der Waals surface area contributed by atoms with Gasteiger partial charge in [0.05, 0.1) is 22.5 Å². The number of carbonyl (C=O) groups is 3. The molecule has 6 rings (SSSR count). The molecule has 3 aromatic carbocycles. The Bertz CT molecular complexity index is 2010. The molecule has 0 aliphatic carbocycles. The average Bonchev–Trinajstić information content (AvgIpc) is 3.46. The van der Waals surface area contributed by atoms with Crippen molar-refractivity contribution in [2.75, 3.05) is 11.9 Å². The van der Waals surface area contributed by atoms with E-state index in [1.54, 1.807) is 61.5 Å². The van der Waals surface area contributed by atoms with Crippen molar-refractivity contribution in [3.05, 3.63) is 129 Å². The van der Waals surface area contributed by atoms with Gasteiger partial charge >= 0.3 is 17.6 Å². The highest BCUT2D eigenvalue weighted by atomic mass is 16.6. The van der Waals surface area contributed by atoms with Crippen molar-refractivity contribution in [3.8, 4) is 0 Å². The van der Waals surface area contributed by atoms with Crippen LogP contribution in [0.4, 0.5) is 5.82 Å². The van der Waals surface area contributed by atoms with Crippen LogP contribution in [0.25, 0.3) is 11.2 Å². The van der Waals surface area contributed by atoms with Gasteiger partial charge in [0.1, 0.15) is 30.4 Å². The summed E-state index contributed by atoms with van der Waals surface area (Å²) in [7, 11) is 0. The first-order valence-electron chi connectivity index (χ1n) is 15.0. The number of aryl methyl sites for hydroxylation is 3. The molecule has 0 saturated carbocycles. The van der Waals surface area contributed by atoms with Crippen LogP contribution in [0, 0.1) is 20.8 Å². The van der Waals surface area contributed by atoms with Crippen LogP contribution in [0.2, 0.25) is 0 Å². The predicted molar refractivity (Wildman–Crippen MR) is 171 cm³/mol. The van der Waals surface area contributed by atoms with Gasteiger partial charge in [-0.1, -0.05) is 53.6 Å². The molecule has 1 amide bonds. The minimum absolute atomic E-state index is 0.0436. The van der Waals surface area contributed by atoms with Gasteiger partial charge in [-0.15, -0.1) is 0 Å². The lowest BCUT2D eigenvalue weighted by molar-refractivity contribution is -0.0434. The molecule has 12 nitrogen and oxygen atoms in total. The van der Waals surface area contributed by atoms with Crippen molar-refractivity contribution < 1.29 is 28.6 Å². The number of carbonyl (C=O) groups excluding carboxylic acids is 3. The van der Waals surface area contributed by atoms with Gasteiger partial charge < -0.3 is 19.5 Å². The van der Waals surface area contributed by atoms with E-state index in [0.29, 0.717) is 28.1 Å². The Morgan fingerprint density at radius 2 is 1.47 bits per heavy atom. The molecule has 1 aliphatic rings. The van der Waals surface area contributed by atoms with Crippen molar-refractivity contribution in [3.63, 3.8) is 0 Å². The number of fused-ring (bicyclic) bond motifs is 1. The van der Waals surface area contributed by atoms with E-state index in [0.717, 1.165) is 11.1 Å². The Morgan fingerprint density at radius 1 is 0.830 bits per heavy atom. The SMILES string of the molecule is Cc1ccc(C(=O)OC[C@H]2O[C@@H](c3nc4[nH]c(=O)nc(NC(=O)c5ccccc5)c4nc3C)C[C@@H]2OC(=O)c2ccc(C)cc2)cc1. The zero-order valence-electron chi connectivity index (χ0n) is 25.9. The summed E-state index contributed by atoms with van der Waals surface area (Å²) in [6, 6.07) is 22.4. The molecular formula is C35H31N5O7. The van der Waals surface area contributed by atoms with Crippen LogP contribution in [0.5, 0.6) is 0 Å². The fourth-order valence-corrected chi connectivity index (χ4v) is 5.22. The first-order valence-corrected chi connectivity index (χ1v) is 15.0. The molecule has 47 heavy (non-hydrogen) atoms. The van der Waals surface area contributed by atoms with Gasteiger partial charge in [0.15, 0.2) is 11.5 Å². The summed E-state index contributed by atoms with van der Waals surface area (Å²) in [4.78, 5) is 66.9. The molecule has 1 fully saturated rings. The molecule has 0 radical (unpaired) electrons. The molecule has 12 heteroatoms. The zero-order chi connectivity index (χ0) is 33.1. The summed E-state index contributed by atoms with van der Waals surface area (Å²) in [5.41, 5.74) is 3.46. The molecule has 5 aromatic rings. The third-order valence-electron chi connectivity index (χ3n) is 7.75. The largest absolute Gasteiger partial charge is 0.459 e.